The number of methoxy groups -OCH3 is 1. The topological polar surface area (TPSA) is 68.5 Å². The first kappa shape index (κ1) is 19.9. The van der Waals surface area contributed by atoms with Crippen molar-refractivity contribution in [3.05, 3.63) is 59.2 Å². The highest BCUT2D eigenvalue weighted by molar-refractivity contribution is 7.99. The van der Waals surface area contributed by atoms with Crippen molar-refractivity contribution in [2.45, 2.75) is 25.6 Å². The minimum Gasteiger partial charge on any atom is -0.497 e. The van der Waals surface area contributed by atoms with E-state index in [0.29, 0.717) is 17.7 Å². The van der Waals surface area contributed by atoms with Gasteiger partial charge in [0.15, 0.2) is 0 Å². The third kappa shape index (κ3) is 4.92. The molecule has 0 atom stereocenters. The summed E-state index contributed by atoms with van der Waals surface area (Å²) >= 11 is 1.24. The van der Waals surface area contributed by atoms with Crippen LogP contribution >= 0.6 is 11.8 Å². The minimum absolute atomic E-state index is 0.0150. The molecule has 2 aromatic carbocycles. The second-order valence-electron chi connectivity index (χ2n) is 6.56. The van der Waals surface area contributed by atoms with Crippen LogP contribution in [0.3, 0.4) is 0 Å². The highest BCUT2D eigenvalue weighted by atomic mass is 32.2. The predicted octanol–water partition coefficient (Wildman–Crippen LogP) is 4.11. The number of nitrogens with zero attached hydrogens (tertiary/aromatic N) is 3. The molecule has 0 bridgehead atoms. The number of ether oxygens (including phenoxy) is 1. The molecule has 0 unspecified atom stereocenters. The Labute approximate surface area is 168 Å². The van der Waals surface area contributed by atoms with Crippen LogP contribution in [0.1, 0.15) is 16.7 Å². The molecule has 0 spiro atoms. The van der Waals surface area contributed by atoms with Crippen molar-refractivity contribution in [1.29, 1.82) is 0 Å². The van der Waals surface area contributed by atoms with E-state index < -0.39 is 0 Å². The average Bonchev–Trinajstić information content (AvgIpc) is 3.17. The van der Waals surface area contributed by atoms with Gasteiger partial charge in [-0.05, 0) is 54.8 Å². The van der Waals surface area contributed by atoms with E-state index in [-0.39, 0.29) is 11.7 Å². The quantitative estimate of drug-likeness (QED) is 0.559. The van der Waals surface area contributed by atoms with E-state index in [1.54, 1.807) is 19.1 Å². The molecule has 0 aliphatic heterocycles. The molecule has 7 heteroatoms. The number of hydrogen-bond donors (Lipinski definition) is 0. The Bertz CT molecular complexity index is 971. The first-order chi connectivity index (χ1) is 13.5. The lowest BCUT2D eigenvalue weighted by atomic mass is 10.1. The van der Waals surface area contributed by atoms with E-state index in [4.69, 9.17) is 9.15 Å². The van der Waals surface area contributed by atoms with Gasteiger partial charge in [0.1, 0.15) is 5.75 Å². The predicted molar refractivity (Wildman–Crippen MR) is 109 cm³/mol. The van der Waals surface area contributed by atoms with Gasteiger partial charge < -0.3 is 14.1 Å². The Balaban J connectivity index is 1.57. The largest absolute Gasteiger partial charge is 0.497 e. The molecule has 0 N–H and O–H groups in total. The number of carbonyl (C=O) groups excluding carboxylic acids is 1. The standard InChI is InChI=1S/C21H23N3O3S/c1-14-8-9-17(10-15(14)2)20-22-23-21(27-20)28-13-19(25)24(3)12-16-6-5-7-18(11-16)26-4/h5-11H,12-13H2,1-4H3. The summed E-state index contributed by atoms with van der Waals surface area (Å²) in [6.45, 7) is 4.61. The van der Waals surface area contributed by atoms with Crippen LogP contribution in [0.15, 0.2) is 52.1 Å². The molecular weight excluding hydrogens is 374 g/mol. The fourth-order valence-corrected chi connectivity index (χ4v) is 3.33. The van der Waals surface area contributed by atoms with Crippen molar-refractivity contribution >= 4 is 17.7 Å². The maximum Gasteiger partial charge on any atom is 0.277 e. The van der Waals surface area contributed by atoms with Crippen molar-refractivity contribution in [3.63, 3.8) is 0 Å². The Morgan fingerprint density at radius 3 is 2.71 bits per heavy atom. The number of aryl methyl sites for hydroxylation is 2. The van der Waals surface area contributed by atoms with Gasteiger partial charge in [-0.2, -0.15) is 0 Å². The van der Waals surface area contributed by atoms with Crippen molar-refractivity contribution in [1.82, 2.24) is 15.1 Å². The van der Waals surface area contributed by atoms with Crippen molar-refractivity contribution in [2.75, 3.05) is 19.9 Å². The number of benzene rings is 2. The summed E-state index contributed by atoms with van der Waals surface area (Å²) in [6.07, 6.45) is 0. The second kappa shape index (κ2) is 8.93. The zero-order valence-corrected chi connectivity index (χ0v) is 17.2. The summed E-state index contributed by atoms with van der Waals surface area (Å²) in [7, 11) is 3.40. The number of amides is 1. The summed E-state index contributed by atoms with van der Waals surface area (Å²) in [5, 5.41) is 8.52. The van der Waals surface area contributed by atoms with Crippen LogP contribution in [0.2, 0.25) is 0 Å². The molecule has 0 aliphatic carbocycles. The van der Waals surface area contributed by atoms with Crippen LogP contribution in [-0.4, -0.2) is 40.9 Å². The summed E-state index contributed by atoms with van der Waals surface area (Å²) in [6, 6.07) is 13.7. The monoisotopic (exact) mass is 397 g/mol. The summed E-state index contributed by atoms with van der Waals surface area (Å²) in [5.41, 5.74) is 4.26. The molecular formula is C21H23N3O3S. The molecule has 0 aliphatic rings. The van der Waals surface area contributed by atoms with Gasteiger partial charge in [-0.25, -0.2) is 0 Å². The Hall–Kier alpha value is -2.80. The fourth-order valence-electron chi connectivity index (χ4n) is 2.63. The van der Waals surface area contributed by atoms with Crippen LogP contribution < -0.4 is 4.74 Å². The van der Waals surface area contributed by atoms with Gasteiger partial charge in [-0.3, -0.25) is 4.79 Å². The van der Waals surface area contributed by atoms with Crippen molar-refractivity contribution in [2.24, 2.45) is 0 Å². The first-order valence-electron chi connectivity index (χ1n) is 8.87. The van der Waals surface area contributed by atoms with Crippen LogP contribution in [0.5, 0.6) is 5.75 Å². The zero-order valence-electron chi connectivity index (χ0n) is 16.4. The van der Waals surface area contributed by atoms with E-state index in [0.717, 1.165) is 16.9 Å². The molecule has 0 radical (unpaired) electrons. The molecule has 3 aromatic rings. The first-order valence-corrected chi connectivity index (χ1v) is 9.85. The van der Waals surface area contributed by atoms with Gasteiger partial charge in [0, 0.05) is 19.2 Å². The highest BCUT2D eigenvalue weighted by Gasteiger charge is 2.14. The lowest BCUT2D eigenvalue weighted by Crippen LogP contribution is -2.27. The number of aromatic nitrogens is 2. The molecule has 1 heterocycles. The Kier molecular flexibility index (Phi) is 6.36. The molecule has 0 saturated carbocycles. The van der Waals surface area contributed by atoms with Crippen LogP contribution in [-0.2, 0) is 11.3 Å². The number of carbonyl (C=O) groups is 1. The number of hydrogen-bond acceptors (Lipinski definition) is 6. The maximum atomic E-state index is 12.4. The van der Waals surface area contributed by atoms with Crippen LogP contribution in [0, 0.1) is 13.8 Å². The van der Waals surface area contributed by atoms with E-state index in [1.807, 2.05) is 49.4 Å². The fraction of sp³-hybridized carbons (Fsp3) is 0.286. The van der Waals surface area contributed by atoms with Crippen LogP contribution in [0.4, 0.5) is 0 Å². The lowest BCUT2D eigenvalue weighted by molar-refractivity contribution is -0.127. The highest BCUT2D eigenvalue weighted by Crippen LogP contribution is 2.25. The van der Waals surface area contributed by atoms with E-state index in [2.05, 4.69) is 17.1 Å². The SMILES string of the molecule is COc1cccc(CN(C)C(=O)CSc2nnc(-c3ccc(C)c(C)c3)o2)c1. The number of thioether (sulfide) groups is 1. The van der Waals surface area contributed by atoms with Crippen molar-refractivity contribution in [3.8, 4) is 17.2 Å². The molecule has 1 amide bonds. The second-order valence-corrected chi connectivity index (χ2v) is 7.49. The van der Waals surface area contributed by atoms with Gasteiger partial charge in [0.05, 0.1) is 12.9 Å². The molecule has 0 saturated heterocycles. The zero-order chi connectivity index (χ0) is 20.1. The Morgan fingerprint density at radius 1 is 1.14 bits per heavy atom. The lowest BCUT2D eigenvalue weighted by Gasteiger charge is -2.17. The van der Waals surface area contributed by atoms with E-state index >= 15 is 0 Å². The summed E-state index contributed by atoms with van der Waals surface area (Å²) in [4.78, 5) is 14.1. The van der Waals surface area contributed by atoms with Crippen molar-refractivity contribution < 1.29 is 13.9 Å². The molecule has 6 nitrogen and oxygen atoms in total. The van der Waals surface area contributed by atoms with Gasteiger partial charge >= 0.3 is 0 Å². The molecule has 146 valence electrons. The van der Waals surface area contributed by atoms with Crippen LogP contribution in [0.25, 0.3) is 11.5 Å². The molecule has 1 aromatic heterocycles. The van der Waals surface area contributed by atoms with Gasteiger partial charge in [0.25, 0.3) is 5.22 Å². The van der Waals surface area contributed by atoms with Gasteiger partial charge in [-0.15, -0.1) is 10.2 Å². The summed E-state index contributed by atoms with van der Waals surface area (Å²) < 4.78 is 10.9. The smallest absolute Gasteiger partial charge is 0.277 e. The van der Waals surface area contributed by atoms with Gasteiger partial charge in [-0.1, -0.05) is 30.0 Å². The van der Waals surface area contributed by atoms with E-state index in [1.165, 1.54) is 22.9 Å². The van der Waals surface area contributed by atoms with E-state index in [9.17, 15) is 4.79 Å². The third-order valence-corrected chi connectivity index (χ3v) is 5.26. The molecule has 3 rings (SSSR count). The minimum atomic E-state index is -0.0150. The maximum absolute atomic E-state index is 12.4. The van der Waals surface area contributed by atoms with Gasteiger partial charge in [0.2, 0.25) is 11.8 Å². The normalized spacial score (nSPS) is 10.7. The average molecular weight is 398 g/mol. The number of rotatable bonds is 7. The summed E-state index contributed by atoms with van der Waals surface area (Å²) in [5.74, 6) is 1.45. The Morgan fingerprint density at radius 2 is 1.96 bits per heavy atom. The molecule has 28 heavy (non-hydrogen) atoms. The molecule has 0 fully saturated rings. The third-order valence-electron chi connectivity index (χ3n) is 4.46.